The smallest absolute Gasteiger partial charge is 0.221 e. The number of ether oxygens (including phenoxy) is 1. The van der Waals surface area contributed by atoms with Gasteiger partial charge in [0.25, 0.3) is 0 Å². The zero-order valence-corrected chi connectivity index (χ0v) is 10.2. The summed E-state index contributed by atoms with van der Waals surface area (Å²) in [7, 11) is 1.64. The van der Waals surface area contributed by atoms with Crippen molar-refractivity contribution < 1.29 is 4.74 Å². The Morgan fingerprint density at radius 2 is 2.28 bits per heavy atom. The van der Waals surface area contributed by atoms with Gasteiger partial charge in [-0.3, -0.25) is 4.98 Å². The molecule has 0 unspecified atom stereocenters. The Bertz CT molecular complexity index is 539. The SMILES string of the molecule is COc1nc(-c2cccnc2)nc2c1CNCC2. The van der Waals surface area contributed by atoms with E-state index in [9.17, 15) is 0 Å². The van der Waals surface area contributed by atoms with Gasteiger partial charge < -0.3 is 10.1 Å². The van der Waals surface area contributed by atoms with Gasteiger partial charge in [0, 0.05) is 43.0 Å². The van der Waals surface area contributed by atoms with Gasteiger partial charge in [0.05, 0.1) is 12.8 Å². The van der Waals surface area contributed by atoms with E-state index in [1.165, 1.54) is 0 Å². The zero-order valence-electron chi connectivity index (χ0n) is 10.2. The number of nitrogens with one attached hydrogen (secondary N) is 1. The van der Waals surface area contributed by atoms with Crippen LogP contribution < -0.4 is 10.1 Å². The maximum absolute atomic E-state index is 5.36. The number of aromatic nitrogens is 3. The molecule has 5 nitrogen and oxygen atoms in total. The number of rotatable bonds is 2. The van der Waals surface area contributed by atoms with Gasteiger partial charge in [0.15, 0.2) is 5.82 Å². The molecule has 0 aromatic carbocycles. The number of fused-ring (bicyclic) bond motifs is 1. The molecule has 0 spiro atoms. The molecule has 0 radical (unpaired) electrons. The van der Waals surface area contributed by atoms with Crippen molar-refractivity contribution >= 4 is 0 Å². The first-order valence-corrected chi connectivity index (χ1v) is 5.93. The van der Waals surface area contributed by atoms with E-state index in [1.54, 1.807) is 19.5 Å². The molecule has 3 heterocycles. The van der Waals surface area contributed by atoms with Crippen molar-refractivity contribution in [1.82, 2.24) is 20.3 Å². The van der Waals surface area contributed by atoms with Crippen molar-refractivity contribution in [2.24, 2.45) is 0 Å². The molecule has 92 valence electrons. The topological polar surface area (TPSA) is 59.9 Å². The Kier molecular flexibility index (Phi) is 2.90. The molecular weight excluding hydrogens is 228 g/mol. The van der Waals surface area contributed by atoms with Gasteiger partial charge in [-0.2, -0.15) is 4.98 Å². The van der Waals surface area contributed by atoms with E-state index < -0.39 is 0 Å². The van der Waals surface area contributed by atoms with Crippen molar-refractivity contribution in [3.05, 3.63) is 35.8 Å². The van der Waals surface area contributed by atoms with Gasteiger partial charge in [-0.15, -0.1) is 0 Å². The highest BCUT2D eigenvalue weighted by Crippen LogP contribution is 2.25. The Labute approximate surface area is 105 Å². The van der Waals surface area contributed by atoms with E-state index in [0.29, 0.717) is 11.7 Å². The van der Waals surface area contributed by atoms with Crippen molar-refractivity contribution in [2.45, 2.75) is 13.0 Å². The molecule has 1 N–H and O–H groups in total. The van der Waals surface area contributed by atoms with Crippen LogP contribution in [0.15, 0.2) is 24.5 Å². The van der Waals surface area contributed by atoms with Crippen molar-refractivity contribution in [1.29, 1.82) is 0 Å². The molecule has 0 bridgehead atoms. The lowest BCUT2D eigenvalue weighted by Gasteiger charge is -2.18. The summed E-state index contributed by atoms with van der Waals surface area (Å²) in [4.78, 5) is 13.2. The Balaban J connectivity index is 2.12. The molecule has 2 aromatic rings. The van der Waals surface area contributed by atoms with E-state index in [1.807, 2.05) is 12.1 Å². The summed E-state index contributed by atoms with van der Waals surface area (Å²) in [5.41, 5.74) is 3.05. The van der Waals surface area contributed by atoms with Crippen LogP contribution in [-0.4, -0.2) is 28.6 Å². The average Bonchev–Trinajstić information content (AvgIpc) is 2.47. The highest BCUT2D eigenvalue weighted by molar-refractivity contribution is 5.55. The van der Waals surface area contributed by atoms with Crippen molar-refractivity contribution in [3.63, 3.8) is 0 Å². The molecule has 1 aliphatic heterocycles. The predicted octanol–water partition coefficient (Wildman–Crippen LogP) is 1.19. The fraction of sp³-hybridized carbons (Fsp3) is 0.308. The third-order valence-corrected chi connectivity index (χ3v) is 3.01. The van der Waals surface area contributed by atoms with Crippen LogP contribution in [0.4, 0.5) is 0 Å². The predicted molar refractivity (Wildman–Crippen MR) is 67.2 cm³/mol. The van der Waals surface area contributed by atoms with Crippen LogP contribution in [0.5, 0.6) is 5.88 Å². The van der Waals surface area contributed by atoms with E-state index in [4.69, 9.17) is 4.74 Å². The molecule has 0 amide bonds. The third-order valence-electron chi connectivity index (χ3n) is 3.01. The fourth-order valence-corrected chi connectivity index (χ4v) is 2.10. The van der Waals surface area contributed by atoms with Crippen LogP contribution in [0.3, 0.4) is 0 Å². The van der Waals surface area contributed by atoms with Crippen molar-refractivity contribution in [3.8, 4) is 17.3 Å². The Hall–Kier alpha value is -2.01. The second-order valence-electron chi connectivity index (χ2n) is 4.15. The first-order valence-electron chi connectivity index (χ1n) is 5.93. The molecule has 2 aromatic heterocycles. The molecule has 18 heavy (non-hydrogen) atoms. The number of nitrogens with zero attached hydrogens (tertiary/aromatic N) is 3. The number of hydrogen-bond donors (Lipinski definition) is 1. The number of methoxy groups -OCH3 is 1. The fourth-order valence-electron chi connectivity index (χ4n) is 2.10. The van der Waals surface area contributed by atoms with Gasteiger partial charge >= 0.3 is 0 Å². The van der Waals surface area contributed by atoms with E-state index in [2.05, 4.69) is 20.3 Å². The molecule has 0 atom stereocenters. The van der Waals surface area contributed by atoms with E-state index in [-0.39, 0.29) is 0 Å². The minimum atomic E-state index is 0.658. The summed E-state index contributed by atoms with van der Waals surface area (Å²) in [5, 5.41) is 3.30. The summed E-state index contributed by atoms with van der Waals surface area (Å²) >= 11 is 0. The average molecular weight is 242 g/mol. The van der Waals surface area contributed by atoms with Crippen LogP contribution in [0.2, 0.25) is 0 Å². The lowest BCUT2D eigenvalue weighted by atomic mass is 10.1. The molecular formula is C13H14N4O. The maximum Gasteiger partial charge on any atom is 0.221 e. The Morgan fingerprint density at radius 1 is 1.33 bits per heavy atom. The lowest BCUT2D eigenvalue weighted by molar-refractivity contribution is 0.386. The quantitative estimate of drug-likeness (QED) is 0.857. The summed E-state index contributed by atoms with van der Waals surface area (Å²) in [6, 6.07) is 3.83. The van der Waals surface area contributed by atoms with Crippen molar-refractivity contribution in [2.75, 3.05) is 13.7 Å². The number of pyridine rings is 1. The minimum absolute atomic E-state index is 0.658. The second kappa shape index (κ2) is 4.70. The van der Waals surface area contributed by atoms with Crippen LogP contribution in [0.1, 0.15) is 11.3 Å². The van der Waals surface area contributed by atoms with Gasteiger partial charge in [0.2, 0.25) is 5.88 Å². The van der Waals surface area contributed by atoms with E-state index >= 15 is 0 Å². The first-order chi connectivity index (χ1) is 8.88. The molecule has 0 saturated heterocycles. The lowest BCUT2D eigenvalue weighted by Crippen LogP contribution is -2.25. The minimum Gasteiger partial charge on any atom is -0.481 e. The third kappa shape index (κ3) is 1.93. The van der Waals surface area contributed by atoms with E-state index in [0.717, 1.165) is 36.3 Å². The highest BCUT2D eigenvalue weighted by atomic mass is 16.5. The monoisotopic (exact) mass is 242 g/mol. The summed E-state index contributed by atoms with van der Waals surface area (Å²) in [6.45, 7) is 1.71. The summed E-state index contributed by atoms with van der Waals surface area (Å²) in [6.07, 6.45) is 4.41. The molecule has 0 fully saturated rings. The maximum atomic E-state index is 5.36. The van der Waals surface area contributed by atoms with Crippen LogP contribution in [0.25, 0.3) is 11.4 Å². The summed E-state index contributed by atoms with van der Waals surface area (Å²) < 4.78 is 5.36. The van der Waals surface area contributed by atoms with Crippen LogP contribution in [-0.2, 0) is 13.0 Å². The van der Waals surface area contributed by atoms with Gasteiger partial charge in [-0.05, 0) is 12.1 Å². The first kappa shape index (κ1) is 11.1. The highest BCUT2D eigenvalue weighted by Gasteiger charge is 2.18. The van der Waals surface area contributed by atoms with Gasteiger partial charge in [-0.1, -0.05) is 0 Å². The second-order valence-corrected chi connectivity index (χ2v) is 4.15. The Morgan fingerprint density at radius 3 is 3.06 bits per heavy atom. The van der Waals surface area contributed by atoms with Gasteiger partial charge in [0.1, 0.15) is 0 Å². The zero-order chi connectivity index (χ0) is 12.4. The molecule has 1 aliphatic rings. The van der Waals surface area contributed by atoms with Crippen LogP contribution in [0, 0.1) is 0 Å². The molecule has 5 heteroatoms. The molecule has 0 saturated carbocycles. The largest absolute Gasteiger partial charge is 0.481 e. The molecule has 0 aliphatic carbocycles. The standard InChI is InChI=1S/C13H14N4O/c1-18-13-10-8-15-6-4-11(10)16-12(17-13)9-3-2-5-14-7-9/h2-3,5,7,15H,4,6,8H2,1H3. The number of hydrogen-bond acceptors (Lipinski definition) is 5. The summed E-state index contributed by atoms with van der Waals surface area (Å²) in [5.74, 6) is 1.34. The normalized spacial score (nSPS) is 14.1. The van der Waals surface area contributed by atoms with Gasteiger partial charge in [-0.25, -0.2) is 4.98 Å². The van der Waals surface area contributed by atoms with Crippen LogP contribution >= 0.6 is 0 Å². The molecule has 3 rings (SSSR count).